The fourth-order valence-electron chi connectivity index (χ4n) is 1.92. The van der Waals surface area contributed by atoms with E-state index in [0.29, 0.717) is 11.6 Å². The first-order valence-corrected chi connectivity index (χ1v) is 6.20. The average molecular weight is 253 g/mol. The molecule has 0 saturated heterocycles. The van der Waals surface area contributed by atoms with Crippen molar-refractivity contribution in [3.8, 4) is 11.4 Å². The van der Waals surface area contributed by atoms with Crippen molar-refractivity contribution < 1.29 is 0 Å². The van der Waals surface area contributed by atoms with Crippen LogP contribution in [0, 0.1) is 0 Å². The Labute approximate surface area is 107 Å². The van der Waals surface area contributed by atoms with Gasteiger partial charge in [0.1, 0.15) is 5.82 Å². The quantitative estimate of drug-likeness (QED) is 0.677. The highest BCUT2D eigenvalue weighted by Crippen LogP contribution is 2.22. The molecule has 3 rings (SSSR count). The molecule has 3 nitrogen and oxygen atoms in total. The van der Waals surface area contributed by atoms with Crippen LogP contribution in [0.25, 0.3) is 22.3 Å². The molecule has 0 spiro atoms. The van der Waals surface area contributed by atoms with E-state index in [0.717, 1.165) is 21.8 Å². The van der Waals surface area contributed by atoms with E-state index in [9.17, 15) is 0 Å². The van der Waals surface area contributed by atoms with Gasteiger partial charge in [-0.1, -0.05) is 36.4 Å². The number of benzene rings is 2. The molecule has 0 radical (unpaired) electrons. The van der Waals surface area contributed by atoms with Gasteiger partial charge in [0, 0.05) is 10.9 Å². The Bertz CT molecular complexity index is 725. The number of para-hydroxylation sites is 1. The summed E-state index contributed by atoms with van der Waals surface area (Å²) in [6.07, 6.45) is 0. The highest BCUT2D eigenvalue weighted by atomic mass is 31.0. The number of hydrogen-bond donors (Lipinski definition) is 1. The first-order valence-electron chi connectivity index (χ1n) is 5.63. The minimum atomic E-state index is 0.517. The van der Waals surface area contributed by atoms with Crippen LogP contribution in [0.2, 0.25) is 0 Å². The molecule has 2 N–H and O–H groups in total. The monoisotopic (exact) mass is 253 g/mol. The maximum atomic E-state index is 5.99. The van der Waals surface area contributed by atoms with E-state index in [1.807, 2.05) is 48.5 Å². The van der Waals surface area contributed by atoms with Gasteiger partial charge >= 0.3 is 0 Å². The van der Waals surface area contributed by atoms with E-state index >= 15 is 0 Å². The van der Waals surface area contributed by atoms with E-state index in [4.69, 9.17) is 5.73 Å². The molecule has 0 amide bonds. The highest BCUT2D eigenvalue weighted by Gasteiger charge is 2.08. The molecule has 1 atom stereocenters. The Morgan fingerprint density at radius 3 is 2.44 bits per heavy atom. The number of fused-ring (bicyclic) bond motifs is 1. The maximum absolute atomic E-state index is 5.99. The molecule has 0 fully saturated rings. The minimum absolute atomic E-state index is 0.517. The Morgan fingerprint density at radius 1 is 0.889 bits per heavy atom. The van der Waals surface area contributed by atoms with Crippen molar-refractivity contribution in [3.05, 3.63) is 48.5 Å². The van der Waals surface area contributed by atoms with Gasteiger partial charge in [-0.3, -0.25) is 0 Å². The normalized spacial score (nSPS) is 10.7. The van der Waals surface area contributed by atoms with E-state index in [-0.39, 0.29) is 0 Å². The smallest absolute Gasteiger partial charge is 0.162 e. The lowest BCUT2D eigenvalue weighted by Crippen LogP contribution is -2.02. The third-order valence-corrected chi connectivity index (χ3v) is 3.34. The van der Waals surface area contributed by atoms with Crippen molar-refractivity contribution in [3.63, 3.8) is 0 Å². The van der Waals surface area contributed by atoms with Crippen LogP contribution in [-0.2, 0) is 0 Å². The summed E-state index contributed by atoms with van der Waals surface area (Å²) in [5.74, 6) is 1.18. The van der Waals surface area contributed by atoms with Crippen molar-refractivity contribution in [2.45, 2.75) is 0 Å². The molecule has 88 valence electrons. The van der Waals surface area contributed by atoms with Crippen LogP contribution in [-0.4, -0.2) is 9.97 Å². The Kier molecular flexibility index (Phi) is 2.69. The molecule has 0 aliphatic heterocycles. The van der Waals surface area contributed by atoms with Crippen molar-refractivity contribution in [2.24, 2.45) is 0 Å². The van der Waals surface area contributed by atoms with Crippen molar-refractivity contribution in [2.75, 3.05) is 5.73 Å². The second-order valence-corrected chi connectivity index (χ2v) is 4.66. The highest BCUT2D eigenvalue weighted by molar-refractivity contribution is 7.27. The van der Waals surface area contributed by atoms with E-state index < -0.39 is 0 Å². The number of anilines is 1. The summed E-state index contributed by atoms with van der Waals surface area (Å²) in [6, 6.07) is 15.7. The number of nitrogens with two attached hydrogens (primary N) is 1. The van der Waals surface area contributed by atoms with Gasteiger partial charge < -0.3 is 5.73 Å². The number of hydrogen-bond acceptors (Lipinski definition) is 3. The van der Waals surface area contributed by atoms with Crippen LogP contribution < -0.4 is 11.0 Å². The topological polar surface area (TPSA) is 51.8 Å². The zero-order valence-corrected chi connectivity index (χ0v) is 10.8. The second-order valence-electron chi connectivity index (χ2n) is 4.04. The molecule has 0 aliphatic rings. The molecule has 1 unspecified atom stereocenters. The molecule has 0 aliphatic carbocycles. The SMILES string of the molecule is Nc1nc(-c2ccccc2P)nc2ccccc12. The summed E-state index contributed by atoms with van der Waals surface area (Å²) >= 11 is 0. The summed E-state index contributed by atoms with van der Waals surface area (Å²) in [4.78, 5) is 8.95. The molecular formula is C14H12N3P. The maximum Gasteiger partial charge on any atom is 0.162 e. The molecule has 2 aromatic carbocycles. The summed E-state index contributed by atoms with van der Waals surface area (Å²) in [5.41, 5.74) is 7.84. The van der Waals surface area contributed by atoms with Crippen molar-refractivity contribution in [1.29, 1.82) is 0 Å². The standard InChI is InChI=1S/C14H12N3P/c15-13-9-5-1-3-7-11(9)16-14(17-13)10-6-2-4-8-12(10)18/h1-8H,18H2,(H2,15,16,17). The number of nitrogen functional groups attached to an aromatic ring is 1. The fraction of sp³-hybridized carbons (Fsp3) is 0. The third kappa shape index (κ3) is 1.83. The summed E-state index contributed by atoms with van der Waals surface area (Å²) in [5, 5.41) is 1.95. The van der Waals surface area contributed by atoms with Gasteiger partial charge in [0.2, 0.25) is 0 Å². The third-order valence-electron chi connectivity index (χ3n) is 2.83. The lowest BCUT2D eigenvalue weighted by molar-refractivity contribution is 1.24. The van der Waals surface area contributed by atoms with Gasteiger partial charge in [-0.2, -0.15) is 0 Å². The van der Waals surface area contributed by atoms with Crippen LogP contribution in [0.5, 0.6) is 0 Å². The van der Waals surface area contributed by atoms with Crippen molar-refractivity contribution >= 4 is 31.3 Å². The van der Waals surface area contributed by atoms with Gasteiger partial charge in [0.05, 0.1) is 5.52 Å². The van der Waals surface area contributed by atoms with E-state index in [1.165, 1.54) is 0 Å². The fourth-order valence-corrected chi connectivity index (χ4v) is 2.26. The predicted molar refractivity (Wildman–Crippen MR) is 78.7 cm³/mol. The van der Waals surface area contributed by atoms with Crippen molar-refractivity contribution in [1.82, 2.24) is 9.97 Å². The predicted octanol–water partition coefficient (Wildman–Crippen LogP) is 2.38. The zero-order valence-electron chi connectivity index (χ0n) is 9.67. The van der Waals surface area contributed by atoms with Gasteiger partial charge in [-0.15, -0.1) is 9.24 Å². The lowest BCUT2D eigenvalue weighted by Gasteiger charge is -2.07. The molecule has 18 heavy (non-hydrogen) atoms. The summed E-state index contributed by atoms with van der Waals surface area (Å²) in [7, 11) is 2.69. The van der Waals surface area contributed by atoms with Crippen LogP contribution in [0.15, 0.2) is 48.5 Å². The zero-order chi connectivity index (χ0) is 12.5. The molecule has 3 aromatic rings. The number of aromatic nitrogens is 2. The van der Waals surface area contributed by atoms with E-state index in [2.05, 4.69) is 19.2 Å². The number of rotatable bonds is 1. The second kappa shape index (κ2) is 4.35. The Hall–Kier alpha value is -1.99. The Balaban J connectivity index is 2.28. The molecule has 0 saturated carbocycles. The van der Waals surface area contributed by atoms with Gasteiger partial charge in [-0.05, 0) is 17.4 Å². The van der Waals surface area contributed by atoms with Gasteiger partial charge in [-0.25, -0.2) is 9.97 Å². The molecular weight excluding hydrogens is 241 g/mol. The minimum Gasteiger partial charge on any atom is -0.383 e. The van der Waals surface area contributed by atoms with Gasteiger partial charge in [0.15, 0.2) is 5.82 Å². The van der Waals surface area contributed by atoms with E-state index in [1.54, 1.807) is 0 Å². The molecule has 4 heteroatoms. The first-order chi connectivity index (χ1) is 8.75. The Morgan fingerprint density at radius 2 is 1.61 bits per heavy atom. The molecule has 0 bridgehead atoms. The molecule has 1 heterocycles. The number of nitrogens with zero attached hydrogens (tertiary/aromatic N) is 2. The summed E-state index contributed by atoms with van der Waals surface area (Å²) < 4.78 is 0. The lowest BCUT2D eigenvalue weighted by atomic mass is 10.2. The van der Waals surface area contributed by atoms with Gasteiger partial charge in [0.25, 0.3) is 0 Å². The van der Waals surface area contributed by atoms with Crippen LogP contribution in [0.4, 0.5) is 5.82 Å². The van der Waals surface area contributed by atoms with Crippen LogP contribution >= 0.6 is 9.24 Å². The largest absolute Gasteiger partial charge is 0.383 e. The van der Waals surface area contributed by atoms with Crippen LogP contribution in [0.1, 0.15) is 0 Å². The average Bonchev–Trinajstić information content (AvgIpc) is 2.39. The first kappa shape index (κ1) is 11.1. The van der Waals surface area contributed by atoms with Crippen LogP contribution in [0.3, 0.4) is 0 Å². The molecule has 1 aromatic heterocycles. The summed E-state index contributed by atoms with van der Waals surface area (Å²) in [6.45, 7) is 0.